The lowest BCUT2D eigenvalue weighted by Gasteiger charge is -2.08. The van der Waals surface area contributed by atoms with Gasteiger partial charge in [-0.15, -0.1) is 12.4 Å². The Labute approximate surface area is 91.9 Å². The number of aromatic nitrogens is 1. The lowest BCUT2D eigenvalue weighted by atomic mass is 10.1. The van der Waals surface area contributed by atoms with Crippen molar-refractivity contribution in [1.82, 2.24) is 4.98 Å². The second-order valence-corrected chi connectivity index (χ2v) is 3.15. The van der Waals surface area contributed by atoms with E-state index >= 15 is 0 Å². The van der Waals surface area contributed by atoms with Crippen molar-refractivity contribution in [2.75, 3.05) is 0 Å². The van der Waals surface area contributed by atoms with Gasteiger partial charge in [0.1, 0.15) is 0 Å². The fourth-order valence-electron chi connectivity index (χ4n) is 1.51. The molecule has 2 nitrogen and oxygen atoms in total. The molecule has 3 N–H and O–H groups in total. The third-order valence-corrected chi connectivity index (χ3v) is 2.25. The van der Waals surface area contributed by atoms with Crippen molar-refractivity contribution in [3.05, 3.63) is 36.0 Å². The first-order chi connectivity index (χ1) is 6.70. The average molecular weight is 233 g/mol. The summed E-state index contributed by atoms with van der Waals surface area (Å²) in [6.07, 6.45) is -0.990. The van der Waals surface area contributed by atoms with Gasteiger partial charge >= 0.3 is 0 Å². The molecule has 0 amide bonds. The molecule has 1 aromatic heterocycles. The number of rotatable bonds is 2. The molecule has 1 atom stereocenters. The fourth-order valence-corrected chi connectivity index (χ4v) is 1.51. The standard InChI is InChI=1S/C10H10F2N2.ClH/c11-10(12)9(13)7-5-14-8-4-2-1-3-6(7)8;/h1-5,9-10,14H,13H2;1H/t9-;/m1./s1. The molecular formula is C10H11ClF2N2. The Morgan fingerprint density at radius 1 is 1.20 bits per heavy atom. The van der Waals surface area contributed by atoms with Crippen LogP contribution in [0.2, 0.25) is 0 Å². The van der Waals surface area contributed by atoms with E-state index in [0.29, 0.717) is 5.56 Å². The molecule has 1 aromatic carbocycles. The number of H-pyrrole nitrogens is 1. The van der Waals surface area contributed by atoms with Crippen molar-refractivity contribution in [1.29, 1.82) is 0 Å². The Bertz CT molecular complexity index is 442. The van der Waals surface area contributed by atoms with E-state index in [4.69, 9.17) is 5.73 Å². The van der Waals surface area contributed by atoms with Crippen molar-refractivity contribution in [2.45, 2.75) is 12.5 Å². The van der Waals surface area contributed by atoms with E-state index in [2.05, 4.69) is 4.98 Å². The maximum absolute atomic E-state index is 12.4. The van der Waals surface area contributed by atoms with E-state index in [-0.39, 0.29) is 12.4 Å². The largest absolute Gasteiger partial charge is 0.361 e. The summed E-state index contributed by atoms with van der Waals surface area (Å²) in [6.45, 7) is 0. The van der Waals surface area contributed by atoms with Crippen LogP contribution < -0.4 is 5.73 Å². The Hall–Kier alpha value is -1.13. The SMILES string of the molecule is Cl.N[C@H](c1c[nH]c2ccccc12)C(F)F. The van der Waals surface area contributed by atoms with E-state index in [1.54, 1.807) is 18.3 Å². The molecule has 15 heavy (non-hydrogen) atoms. The highest BCUT2D eigenvalue weighted by molar-refractivity contribution is 5.85. The zero-order chi connectivity index (χ0) is 10.1. The van der Waals surface area contributed by atoms with Crippen molar-refractivity contribution in [2.24, 2.45) is 5.73 Å². The van der Waals surface area contributed by atoms with E-state index < -0.39 is 12.5 Å². The van der Waals surface area contributed by atoms with Crippen LogP contribution in [0, 0.1) is 0 Å². The van der Waals surface area contributed by atoms with Crippen molar-refractivity contribution >= 4 is 23.3 Å². The van der Waals surface area contributed by atoms with Crippen molar-refractivity contribution < 1.29 is 8.78 Å². The predicted molar refractivity (Wildman–Crippen MR) is 58.5 cm³/mol. The molecule has 0 aliphatic carbocycles. The molecule has 0 radical (unpaired) electrons. The van der Waals surface area contributed by atoms with Crippen LogP contribution in [0.3, 0.4) is 0 Å². The number of hydrogen-bond acceptors (Lipinski definition) is 1. The summed E-state index contributed by atoms with van der Waals surface area (Å²) in [5.41, 5.74) is 6.68. The van der Waals surface area contributed by atoms with Gasteiger partial charge in [-0.1, -0.05) is 18.2 Å². The summed E-state index contributed by atoms with van der Waals surface area (Å²) in [6, 6.07) is 6.04. The van der Waals surface area contributed by atoms with Gasteiger partial charge in [0.25, 0.3) is 6.43 Å². The predicted octanol–water partition coefficient (Wildman–Crippen LogP) is 2.85. The summed E-state index contributed by atoms with van der Waals surface area (Å²) < 4.78 is 24.8. The van der Waals surface area contributed by atoms with Crippen LogP contribution in [0.1, 0.15) is 11.6 Å². The van der Waals surface area contributed by atoms with Crippen molar-refractivity contribution in [3.8, 4) is 0 Å². The molecule has 0 saturated carbocycles. The van der Waals surface area contributed by atoms with Gasteiger partial charge in [0.05, 0.1) is 6.04 Å². The maximum atomic E-state index is 12.4. The highest BCUT2D eigenvalue weighted by Crippen LogP contribution is 2.25. The normalized spacial score (nSPS) is 12.8. The maximum Gasteiger partial charge on any atom is 0.257 e. The smallest absolute Gasteiger partial charge is 0.257 e. The molecule has 0 saturated heterocycles. The van der Waals surface area contributed by atoms with Gasteiger partial charge in [0.2, 0.25) is 0 Å². The first-order valence-electron chi connectivity index (χ1n) is 4.30. The Morgan fingerprint density at radius 3 is 2.53 bits per heavy atom. The van der Waals surface area contributed by atoms with Crippen LogP contribution in [-0.4, -0.2) is 11.4 Å². The van der Waals surface area contributed by atoms with Gasteiger partial charge in [-0.2, -0.15) is 0 Å². The van der Waals surface area contributed by atoms with Crippen LogP contribution in [0.25, 0.3) is 10.9 Å². The summed E-state index contributed by atoms with van der Waals surface area (Å²) in [5, 5.41) is 0.764. The Kier molecular flexibility index (Phi) is 3.66. The van der Waals surface area contributed by atoms with Crippen LogP contribution in [0.5, 0.6) is 0 Å². The molecule has 0 fully saturated rings. The molecule has 0 aliphatic heterocycles. The number of hydrogen-bond donors (Lipinski definition) is 2. The highest BCUT2D eigenvalue weighted by Gasteiger charge is 2.20. The molecule has 0 unspecified atom stereocenters. The fraction of sp³-hybridized carbons (Fsp3) is 0.200. The monoisotopic (exact) mass is 232 g/mol. The Balaban J connectivity index is 0.00000112. The number of fused-ring (bicyclic) bond motifs is 1. The van der Waals surface area contributed by atoms with E-state index in [1.165, 1.54) is 0 Å². The van der Waals surface area contributed by atoms with Crippen LogP contribution >= 0.6 is 12.4 Å². The van der Waals surface area contributed by atoms with Crippen LogP contribution in [-0.2, 0) is 0 Å². The number of alkyl halides is 2. The third kappa shape index (κ3) is 2.11. The highest BCUT2D eigenvalue weighted by atomic mass is 35.5. The molecule has 2 rings (SSSR count). The van der Waals surface area contributed by atoms with Gasteiger partial charge in [-0.25, -0.2) is 8.78 Å². The number of para-hydroxylation sites is 1. The summed E-state index contributed by atoms with van der Waals surface area (Å²) in [7, 11) is 0. The molecule has 0 aliphatic rings. The first-order valence-corrected chi connectivity index (χ1v) is 4.30. The van der Waals surface area contributed by atoms with E-state index in [1.807, 2.05) is 12.1 Å². The minimum atomic E-state index is -2.53. The second-order valence-electron chi connectivity index (χ2n) is 3.15. The van der Waals surface area contributed by atoms with E-state index in [9.17, 15) is 8.78 Å². The number of nitrogens with one attached hydrogen (secondary N) is 1. The zero-order valence-corrected chi connectivity index (χ0v) is 8.60. The molecule has 0 bridgehead atoms. The molecule has 0 spiro atoms. The van der Waals surface area contributed by atoms with Gasteiger partial charge in [0.15, 0.2) is 0 Å². The summed E-state index contributed by atoms with van der Waals surface area (Å²) in [5.74, 6) is 0. The minimum absolute atomic E-state index is 0. The molecule has 2 aromatic rings. The lowest BCUT2D eigenvalue weighted by Crippen LogP contribution is -2.18. The number of nitrogens with two attached hydrogens (primary N) is 1. The van der Waals surface area contributed by atoms with Gasteiger partial charge in [0, 0.05) is 17.1 Å². The molecule has 82 valence electrons. The summed E-state index contributed by atoms with van der Waals surface area (Å²) >= 11 is 0. The molecule has 1 heterocycles. The molecule has 5 heteroatoms. The van der Waals surface area contributed by atoms with Gasteiger partial charge in [-0.05, 0) is 11.6 Å². The lowest BCUT2D eigenvalue weighted by molar-refractivity contribution is 0.117. The number of aromatic amines is 1. The first kappa shape index (κ1) is 11.9. The van der Waals surface area contributed by atoms with Crippen LogP contribution in [0.4, 0.5) is 8.78 Å². The minimum Gasteiger partial charge on any atom is -0.361 e. The van der Waals surface area contributed by atoms with Gasteiger partial charge in [-0.3, -0.25) is 0 Å². The molecular weight excluding hydrogens is 222 g/mol. The average Bonchev–Trinajstić information content (AvgIpc) is 2.60. The quantitative estimate of drug-likeness (QED) is 0.822. The van der Waals surface area contributed by atoms with Crippen LogP contribution in [0.15, 0.2) is 30.5 Å². The number of halogens is 3. The Morgan fingerprint density at radius 2 is 1.87 bits per heavy atom. The third-order valence-electron chi connectivity index (χ3n) is 2.25. The number of benzene rings is 1. The topological polar surface area (TPSA) is 41.8 Å². The van der Waals surface area contributed by atoms with Gasteiger partial charge < -0.3 is 10.7 Å². The summed E-state index contributed by atoms with van der Waals surface area (Å²) in [4.78, 5) is 2.91. The zero-order valence-electron chi connectivity index (χ0n) is 7.78. The van der Waals surface area contributed by atoms with E-state index in [0.717, 1.165) is 10.9 Å². The van der Waals surface area contributed by atoms with Crippen molar-refractivity contribution in [3.63, 3.8) is 0 Å². The second kappa shape index (κ2) is 4.59.